The van der Waals surface area contributed by atoms with Gasteiger partial charge in [-0.25, -0.2) is 9.78 Å². The van der Waals surface area contributed by atoms with Gasteiger partial charge in [0, 0.05) is 10.9 Å². The second kappa shape index (κ2) is 8.01. The van der Waals surface area contributed by atoms with Crippen LogP contribution in [-0.4, -0.2) is 17.6 Å². The van der Waals surface area contributed by atoms with Crippen molar-refractivity contribution in [3.8, 4) is 17.0 Å². The second-order valence-corrected chi connectivity index (χ2v) is 6.72. The normalized spacial score (nSPS) is 10.4. The molecule has 0 saturated heterocycles. The summed E-state index contributed by atoms with van der Waals surface area (Å²) in [5, 5.41) is 8.08. The van der Waals surface area contributed by atoms with E-state index >= 15 is 0 Å². The highest BCUT2D eigenvalue weighted by Gasteiger charge is 2.11. The van der Waals surface area contributed by atoms with Crippen LogP contribution in [0.4, 0.5) is 15.6 Å². The number of para-hydroxylation sites is 2. The van der Waals surface area contributed by atoms with Crippen LogP contribution in [0.3, 0.4) is 0 Å². The molecule has 0 unspecified atom stereocenters. The van der Waals surface area contributed by atoms with Crippen LogP contribution in [0, 0.1) is 13.8 Å². The number of nitrogens with zero attached hydrogens (tertiary/aromatic N) is 1. The zero-order valence-electron chi connectivity index (χ0n) is 15.0. The van der Waals surface area contributed by atoms with Gasteiger partial charge in [0.1, 0.15) is 5.75 Å². The number of benzene rings is 2. The maximum atomic E-state index is 12.3. The first-order valence-corrected chi connectivity index (χ1v) is 9.27. The molecule has 1 aromatic heterocycles. The van der Waals surface area contributed by atoms with Gasteiger partial charge in [0.25, 0.3) is 0 Å². The Morgan fingerprint density at radius 1 is 1.15 bits per heavy atom. The maximum absolute atomic E-state index is 12.3. The zero-order chi connectivity index (χ0) is 18.5. The Balaban J connectivity index is 1.70. The third-order valence-electron chi connectivity index (χ3n) is 3.82. The Morgan fingerprint density at radius 3 is 2.73 bits per heavy atom. The summed E-state index contributed by atoms with van der Waals surface area (Å²) in [7, 11) is 0. The largest absolute Gasteiger partial charge is 0.492 e. The molecule has 2 aromatic carbocycles. The van der Waals surface area contributed by atoms with Crippen molar-refractivity contribution in [2.45, 2.75) is 20.8 Å². The topological polar surface area (TPSA) is 63.2 Å². The molecule has 0 aliphatic heterocycles. The van der Waals surface area contributed by atoms with E-state index in [1.54, 1.807) is 6.07 Å². The second-order valence-electron chi connectivity index (χ2n) is 5.86. The number of thiazole rings is 1. The minimum absolute atomic E-state index is 0.348. The molecule has 0 atom stereocenters. The van der Waals surface area contributed by atoms with E-state index in [2.05, 4.69) is 47.7 Å². The highest BCUT2D eigenvalue weighted by atomic mass is 32.1. The van der Waals surface area contributed by atoms with Gasteiger partial charge < -0.3 is 10.1 Å². The summed E-state index contributed by atoms with van der Waals surface area (Å²) < 4.78 is 5.52. The molecule has 0 radical (unpaired) electrons. The van der Waals surface area contributed by atoms with Gasteiger partial charge in [-0.05, 0) is 38.5 Å². The van der Waals surface area contributed by atoms with Crippen molar-refractivity contribution >= 4 is 28.2 Å². The number of carbonyl (C=O) groups is 1. The molecule has 134 valence electrons. The summed E-state index contributed by atoms with van der Waals surface area (Å²) >= 11 is 1.40. The number of hydrogen-bond donors (Lipinski definition) is 2. The molecule has 0 saturated carbocycles. The van der Waals surface area contributed by atoms with Crippen molar-refractivity contribution in [1.82, 2.24) is 4.98 Å². The zero-order valence-corrected chi connectivity index (χ0v) is 15.8. The van der Waals surface area contributed by atoms with Crippen molar-refractivity contribution in [2.75, 3.05) is 17.2 Å². The molecule has 1 heterocycles. The fraction of sp³-hybridized carbons (Fsp3) is 0.200. The van der Waals surface area contributed by atoms with Crippen molar-refractivity contribution in [3.63, 3.8) is 0 Å². The van der Waals surface area contributed by atoms with E-state index in [1.807, 2.05) is 30.5 Å². The SMILES string of the molecule is CCOc1ccccc1NC(=O)Nc1nc(-c2ccc(C)cc2C)cs1. The minimum atomic E-state index is -0.348. The Hall–Kier alpha value is -2.86. The number of nitrogens with one attached hydrogen (secondary N) is 2. The predicted octanol–water partition coefficient (Wildman–Crippen LogP) is 5.47. The van der Waals surface area contributed by atoms with Gasteiger partial charge in [0.15, 0.2) is 5.13 Å². The molecule has 0 bridgehead atoms. The summed E-state index contributed by atoms with van der Waals surface area (Å²) in [6, 6.07) is 13.2. The van der Waals surface area contributed by atoms with Crippen molar-refractivity contribution in [1.29, 1.82) is 0 Å². The van der Waals surface area contributed by atoms with E-state index in [4.69, 9.17) is 4.74 Å². The number of hydrogen-bond acceptors (Lipinski definition) is 4. The fourth-order valence-electron chi connectivity index (χ4n) is 2.66. The highest BCUT2D eigenvalue weighted by Crippen LogP contribution is 2.28. The van der Waals surface area contributed by atoms with E-state index in [-0.39, 0.29) is 6.03 Å². The third kappa shape index (κ3) is 4.21. The van der Waals surface area contributed by atoms with E-state index in [0.717, 1.165) is 16.8 Å². The Kier molecular flexibility index (Phi) is 5.53. The Bertz CT molecular complexity index is 921. The molecule has 3 aromatic rings. The quantitative estimate of drug-likeness (QED) is 0.628. The summed E-state index contributed by atoms with van der Waals surface area (Å²) in [6.07, 6.45) is 0. The number of anilines is 2. The van der Waals surface area contributed by atoms with Crippen LogP contribution in [0.5, 0.6) is 5.75 Å². The molecular weight excluding hydrogens is 346 g/mol. The number of aromatic nitrogens is 1. The molecule has 3 rings (SSSR count). The predicted molar refractivity (Wildman–Crippen MR) is 107 cm³/mol. The van der Waals surface area contributed by atoms with Gasteiger partial charge in [-0.2, -0.15) is 0 Å². The summed E-state index contributed by atoms with van der Waals surface area (Å²) in [6.45, 7) is 6.56. The molecular formula is C20H21N3O2S. The lowest BCUT2D eigenvalue weighted by Gasteiger charge is -2.11. The number of urea groups is 1. The lowest BCUT2D eigenvalue weighted by Crippen LogP contribution is -2.19. The van der Waals surface area contributed by atoms with Crippen LogP contribution in [0.15, 0.2) is 47.8 Å². The van der Waals surface area contributed by atoms with E-state index in [9.17, 15) is 4.79 Å². The highest BCUT2D eigenvalue weighted by molar-refractivity contribution is 7.14. The summed E-state index contributed by atoms with van der Waals surface area (Å²) in [5.74, 6) is 0.639. The van der Waals surface area contributed by atoms with E-state index in [1.165, 1.54) is 16.9 Å². The lowest BCUT2D eigenvalue weighted by molar-refractivity contribution is 0.262. The molecule has 5 nitrogen and oxygen atoms in total. The van der Waals surface area contributed by atoms with Gasteiger partial charge in [-0.3, -0.25) is 5.32 Å². The molecule has 2 amide bonds. The molecule has 0 fully saturated rings. The van der Waals surface area contributed by atoms with Gasteiger partial charge in [-0.15, -0.1) is 11.3 Å². The average molecular weight is 367 g/mol. The molecule has 2 N–H and O–H groups in total. The lowest BCUT2D eigenvalue weighted by atomic mass is 10.0. The van der Waals surface area contributed by atoms with Crippen LogP contribution in [0.2, 0.25) is 0 Å². The summed E-state index contributed by atoms with van der Waals surface area (Å²) in [4.78, 5) is 16.8. The smallest absolute Gasteiger partial charge is 0.325 e. The van der Waals surface area contributed by atoms with Crippen molar-refractivity contribution in [2.24, 2.45) is 0 Å². The average Bonchev–Trinajstić information content (AvgIpc) is 3.05. The Labute approximate surface area is 157 Å². The summed E-state index contributed by atoms with van der Waals surface area (Å²) in [5.41, 5.74) is 4.93. The van der Waals surface area contributed by atoms with Crippen molar-refractivity contribution in [3.05, 3.63) is 59.0 Å². The first kappa shape index (κ1) is 17.9. The van der Waals surface area contributed by atoms with Gasteiger partial charge >= 0.3 is 6.03 Å². The van der Waals surface area contributed by atoms with Crippen molar-refractivity contribution < 1.29 is 9.53 Å². The monoisotopic (exact) mass is 367 g/mol. The molecule has 0 aliphatic rings. The first-order valence-electron chi connectivity index (χ1n) is 8.40. The standard InChI is InChI=1S/C20H21N3O2S/c1-4-25-18-8-6-5-7-16(18)21-19(24)23-20-22-17(12-26-20)15-10-9-13(2)11-14(15)3/h5-12H,4H2,1-3H3,(H2,21,22,23,24). The number of carbonyl (C=O) groups excluding carboxylic acids is 1. The first-order chi connectivity index (χ1) is 12.6. The fourth-order valence-corrected chi connectivity index (χ4v) is 3.36. The van der Waals surface area contributed by atoms with Crippen LogP contribution < -0.4 is 15.4 Å². The van der Waals surface area contributed by atoms with Gasteiger partial charge in [0.05, 0.1) is 18.0 Å². The third-order valence-corrected chi connectivity index (χ3v) is 4.58. The van der Waals surface area contributed by atoms with Gasteiger partial charge in [-0.1, -0.05) is 35.9 Å². The van der Waals surface area contributed by atoms with E-state index in [0.29, 0.717) is 23.2 Å². The molecule has 0 aliphatic carbocycles. The van der Waals surface area contributed by atoms with Gasteiger partial charge in [0.2, 0.25) is 0 Å². The molecule has 26 heavy (non-hydrogen) atoms. The maximum Gasteiger partial charge on any atom is 0.325 e. The van der Waals surface area contributed by atoms with Crippen LogP contribution in [0.25, 0.3) is 11.3 Å². The number of amides is 2. The Morgan fingerprint density at radius 2 is 1.96 bits per heavy atom. The number of ether oxygens (including phenoxy) is 1. The van der Waals surface area contributed by atoms with Crippen LogP contribution in [-0.2, 0) is 0 Å². The molecule has 6 heteroatoms. The number of rotatable bonds is 5. The van der Waals surface area contributed by atoms with Crippen LogP contribution >= 0.6 is 11.3 Å². The molecule has 0 spiro atoms. The minimum Gasteiger partial charge on any atom is -0.492 e. The van der Waals surface area contributed by atoms with Crippen LogP contribution in [0.1, 0.15) is 18.1 Å². The van der Waals surface area contributed by atoms with E-state index < -0.39 is 0 Å². The number of aryl methyl sites for hydroxylation is 2.